The molecule has 0 aliphatic rings. The monoisotopic (exact) mass is 282 g/mol. The van der Waals surface area contributed by atoms with Crippen LogP contribution in [0, 0.1) is 11.3 Å². The van der Waals surface area contributed by atoms with E-state index in [1.54, 1.807) is 19.1 Å². The summed E-state index contributed by atoms with van der Waals surface area (Å²) in [5, 5.41) is 18.0. The normalized spacial score (nSPS) is 14.6. The Balaban J connectivity index is 3.15. The molecule has 0 bridgehead atoms. The van der Waals surface area contributed by atoms with Crippen LogP contribution in [-0.2, 0) is 10.0 Å². The number of nitrogens with zero attached hydrogens (tertiary/aromatic N) is 1. The molecule has 0 fully saturated rings. The number of nitriles is 1. The Morgan fingerprint density at radius 2 is 2.05 bits per heavy atom. The highest BCUT2D eigenvalue weighted by atomic mass is 32.2. The summed E-state index contributed by atoms with van der Waals surface area (Å²) in [5.74, 6) is 0. The maximum atomic E-state index is 12.3. The van der Waals surface area contributed by atoms with E-state index in [2.05, 4.69) is 4.72 Å². The van der Waals surface area contributed by atoms with Gasteiger partial charge in [-0.15, -0.1) is 0 Å². The Hall–Kier alpha value is -1.42. The van der Waals surface area contributed by atoms with Gasteiger partial charge in [0.15, 0.2) is 0 Å². The lowest BCUT2D eigenvalue weighted by Crippen LogP contribution is -2.46. The zero-order valence-corrected chi connectivity index (χ0v) is 11.9. The third-order valence-corrected chi connectivity index (χ3v) is 4.82. The summed E-state index contributed by atoms with van der Waals surface area (Å²) in [6.07, 6.45) is 0.860. The predicted molar refractivity (Wildman–Crippen MR) is 71.9 cm³/mol. The molecule has 1 atom stereocenters. The second-order valence-electron chi connectivity index (χ2n) is 4.60. The Labute approximate surface area is 113 Å². The second-order valence-corrected chi connectivity index (χ2v) is 6.25. The molecule has 0 aliphatic carbocycles. The predicted octanol–water partition coefficient (Wildman–Crippen LogP) is 1.39. The molecular weight excluding hydrogens is 264 g/mol. The molecule has 104 valence electrons. The van der Waals surface area contributed by atoms with E-state index in [9.17, 15) is 8.42 Å². The molecule has 0 saturated heterocycles. The van der Waals surface area contributed by atoms with Crippen LogP contribution in [0.3, 0.4) is 0 Å². The maximum absolute atomic E-state index is 12.3. The molecule has 0 aliphatic heterocycles. The summed E-state index contributed by atoms with van der Waals surface area (Å²) >= 11 is 0. The summed E-state index contributed by atoms with van der Waals surface area (Å²) in [7, 11) is -3.78. The van der Waals surface area contributed by atoms with E-state index in [-0.39, 0.29) is 17.1 Å². The molecule has 5 nitrogen and oxygen atoms in total. The minimum Gasteiger partial charge on any atom is -0.396 e. The van der Waals surface area contributed by atoms with E-state index in [1.165, 1.54) is 12.1 Å². The molecule has 2 N–H and O–H groups in total. The van der Waals surface area contributed by atoms with Crippen LogP contribution in [-0.4, -0.2) is 25.7 Å². The van der Waals surface area contributed by atoms with Crippen LogP contribution in [0.4, 0.5) is 0 Å². The van der Waals surface area contributed by atoms with Crippen molar-refractivity contribution in [2.24, 2.45) is 0 Å². The number of hydrogen-bond donors (Lipinski definition) is 2. The average Bonchev–Trinajstić information content (AvgIpc) is 2.38. The van der Waals surface area contributed by atoms with Gasteiger partial charge in [0.25, 0.3) is 0 Å². The Kier molecular flexibility index (Phi) is 5.06. The van der Waals surface area contributed by atoms with Gasteiger partial charge in [-0.3, -0.25) is 0 Å². The molecule has 1 unspecified atom stereocenters. The number of aliphatic hydroxyl groups excluding tert-OH is 1. The van der Waals surface area contributed by atoms with Crippen molar-refractivity contribution in [2.45, 2.75) is 37.1 Å². The molecule has 0 amide bonds. The number of hydrogen-bond acceptors (Lipinski definition) is 4. The zero-order chi connectivity index (χ0) is 14.5. The van der Waals surface area contributed by atoms with Gasteiger partial charge in [0.1, 0.15) is 6.07 Å². The lowest BCUT2D eigenvalue weighted by atomic mass is 9.97. The van der Waals surface area contributed by atoms with Gasteiger partial charge in [0, 0.05) is 12.1 Å². The fourth-order valence-electron chi connectivity index (χ4n) is 1.72. The van der Waals surface area contributed by atoms with Gasteiger partial charge >= 0.3 is 0 Å². The topological polar surface area (TPSA) is 90.2 Å². The van der Waals surface area contributed by atoms with E-state index in [0.717, 1.165) is 0 Å². The summed E-state index contributed by atoms with van der Waals surface area (Å²) in [6.45, 7) is 3.47. The summed E-state index contributed by atoms with van der Waals surface area (Å²) < 4.78 is 27.2. The van der Waals surface area contributed by atoms with Crippen LogP contribution in [0.2, 0.25) is 0 Å². The highest BCUT2D eigenvalue weighted by Crippen LogP contribution is 2.21. The first-order valence-corrected chi connectivity index (χ1v) is 7.51. The SMILES string of the molecule is CCC(C)(CCO)NS(=O)(=O)c1ccccc1C#N. The number of rotatable bonds is 6. The number of nitrogens with one attached hydrogen (secondary N) is 1. The fourth-order valence-corrected chi connectivity index (χ4v) is 3.39. The molecule has 0 radical (unpaired) electrons. The van der Waals surface area contributed by atoms with Crippen LogP contribution in [0.25, 0.3) is 0 Å². The van der Waals surface area contributed by atoms with Crippen molar-refractivity contribution in [1.29, 1.82) is 5.26 Å². The van der Waals surface area contributed by atoms with Crippen LogP contribution in [0.5, 0.6) is 0 Å². The van der Waals surface area contributed by atoms with E-state index < -0.39 is 15.6 Å². The van der Waals surface area contributed by atoms with Crippen molar-refractivity contribution < 1.29 is 13.5 Å². The molecule has 6 heteroatoms. The lowest BCUT2D eigenvalue weighted by Gasteiger charge is -2.28. The highest BCUT2D eigenvalue weighted by Gasteiger charge is 2.29. The summed E-state index contributed by atoms with van der Waals surface area (Å²) in [5.41, 5.74) is -0.617. The molecule has 0 heterocycles. The molecular formula is C13H18N2O3S. The Bertz CT molecular complexity index is 578. The minimum atomic E-state index is -3.78. The van der Waals surface area contributed by atoms with Crippen LogP contribution >= 0.6 is 0 Å². The number of benzene rings is 1. The Morgan fingerprint density at radius 3 is 2.58 bits per heavy atom. The van der Waals surface area contributed by atoms with Crippen LogP contribution in [0.1, 0.15) is 32.3 Å². The first-order chi connectivity index (χ1) is 8.88. The van der Waals surface area contributed by atoms with E-state index in [1.807, 2.05) is 13.0 Å². The molecule has 1 aromatic carbocycles. The lowest BCUT2D eigenvalue weighted by molar-refractivity contribution is 0.233. The van der Waals surface area contributed by atoms with E-state index >= 15 is 0 Å². The first-order valence-electron chi connectivity index (χ1n) is 6.02. The maximum Gasteiger partial charge on any atom is 0.242 e. The smallest absolute Gasteiger partial charge is 0.242 e. The van der Waals surface area contributed by atoms with Crippen molar-refractivity contribution in [3.8, 4) is 6.07 Å². The molecule has 1 aromatic rings. The van der Waals surface area contributed by atoms with E-state index in [0.29, 0.717) is 12.8 Å². The third kappa shape index (κ3) is 3.77. The first kappa shape index (κ1) is 15.6. The highest BCUT2D eigenvalue weighted by molar-refractivity contribution is 7.89. The van der Waals surface area contributed by atoms with Crippen LogP contribution < -0.4 is 4.72 Å². The van der Waals surface area contributed by atoms with Gasteiger partial charge in [-0.2, -0.15) is 5.26 Å². The minimum absolute atomic E-state index is 0.0323. The van der Waals surface area contributed by atoms with Gasteiger partial charge in [-0.1, -0.05) is 19.1 Å². The molecule has 19 heavy (non-hydrogen) atoms. The largest absolute Gasteiger partial charge is 0.396 e. The second kappa shape index (κ2) is 6.15. The number of aliphatic hydroxyl groups is 1. The standard InChI is InChI=1S/C13H18N2O3S/c1-3-13(2,8-9-16)15-19(17,18)12-7-5-4-6-11(12)10-14/h4-7,15-16H,3,8-9H2,1-2H3. The molecule has 1 rings (SSSR count). The van der Waals surface area contributed by atoms with Gasteiger partial charge in [-0.25, -0.2) is 13.1 Å². The van der Waals surface area contributed by atoms with Crippen molar-refractivity contribution in [3.63, 3.8) is 0 Å². The van der Waals surface area contributed by atoms with Gasteiger partial charge < -0.3 is 5.11 Å². The van der Waals surface area contributed by atoms with Gasteiger partial charge in [-0.05, 0) is 31.9 Å². The zero-order valence-electron chi connectivity index (χ0n) is 11.0. The molecule has 0 spiro atoms. The van der Waals surface area contributed by atoms with Crippen molar-refractivity contribution in [3.05, 3.63) is 29.8 Å². The molecule has 0 saturated carbocycles. The average molecular weight is 282 g/mol. The van der Waals surface area contributed by atoms with Gasteiger partial charge in [0.05, 0.1) is 10.5 Å². The quantitative estimate of drug-likeness (QED) is 0.825. The summed E-state index contributed by atoms with van der Waals surface area (Å²) in [6, 6.07) is 7.92. The van der Waals surface area contributed by atoms with Gasteiger partial charge in [0.2, 0.25) is 10.0 Å². The van der Waals surface area contributed by atoms with Crippen molar-refractivity contribution in [2.75, 3.05) is 6.61 Å². The fraction of sp³-hybridized carbons (Fsp3) is 0.462. The number of sulfonamides is 1. The van der Waals surface area contributed by atoms with Crippen molar-refractivity contribution >= 4 is 10.0 Å². The van der Waals surface area contributed by atoms with E-state index in [4.69, 9.17) is 10.4 Å². The summed E-state index contributed by atoms with van der Waals surface area (Å²) in [4.78, 5) is -0.0323. The molecule has 0 aromatic heterocycles. The van der Waals surface area contributed by atoms with Crippen molar-refractivity contribution in [1.82, 2.24) is 4.72 Å². The van der Waals surface area contributed by atoms with Crippen LogP contribution in [0.15, 0.2) is 29.2 Å². The third-order valence-electron chi connectivity index (χ3n) is 3.12. The Morgan fingerprint density at radius 1 is 1.42 bits per heavy atom.